The predicted octanol–water partition coefficient (Wildman–Crippen LogP) is 3.32. The number of piperazine rings is 1. The van der Waals surface area contributed by atoms with Gasteiger partial charge in [0.1, 0.15) is 0 Å². The zero-order valence-corrected chi connectivity index (χ0v) is 16.2. The normalized spacial score (nSPS) is 20.3. The van der Waals surface area contributed by atoms with Crippen molar-refractivity contribution in [1.29, 1.82) is 0 Å². The Morgan fingerprint density at radius 1 is 1.11 bits per heavy atom. The van der Waals surface area contributed by atoms with Crippen molar-refractivity contribution in [3.8, 4) is 0 Å². The maximum Gasteiger partial charge on any atom is 0.255 e. The highest BCUT2D eigenvalue weighted by Gasteiger charge is 2.22. The van der Waals surface area contributed by atoms with E-state index in [1.807, 2.05) is 24.3 Å². The molecule has 2 N–H and O–H groups in total. The van der Waals surface area contributed by atoms with Gasteiger partial charge in [-0.2, -0.15) is 0 Å². The number of Topliss-reactive ketones (excluding diaryl/α,β-unsaturated/α-hetero) is 1. The maximum absolute atomic E-state index is 12.5. The molecule has 1 aliphatic heterocycles. The van der Waals surface area contributed by atoms with E-state index in [2.05, 4.69) is 29.4 Å². The molecule has 0 unspecified atom stereocenters. The lowest BCUT2D eigenvalue weighted by molar-refractivity contribution is 0.101. The number of anilines is 1. The molecular weight excluding hydrogens is 338 g/mol. The van der Waals surface area contributed by atoms with Gasteiger partial charge in [0.05, 0.1) is 0 Å². The molecule has 27 heavy (non-hydrogen) atoms. The van der Waals surface area contributed by atoms with Crippen molar-refractivity contribution >= 4 is 17.4 Å². The third-order valence-electron chi connectivity index (χ3n) is 5.02. The fourth-order valence-electron chi connectivity index (χ4n) is 3.33. The maximum atomic E-state index is 12.5. The van der Waals surface area contributed by atoms with Crippen LogP contribution in [0.3, 0.4) is 0 Å². The van der Waals surface area contributed by atoms with E-state index < -0.39 is 0 Å². The Morgan fingerprint density at radius 3 is 2.56 bits per heavy atom. The first-order valence-corrected chi connectivity index (χ1v) is 9.41. The van der Waals surface area contributed by atoms with Crippen molar-refractivity contribution in [3.05, 3.63) is 65.2 Å². The Hall–Kier alpha value is -2.50. The van der Waals surface area contributed by atoms with Gasteiger partial charge in [0.2, 0.25) is 0 Å². The molecule has 2 atom stereocenters. The second-order valence-electron chi connectivity index (χ2n) is 7.38. The van der Waals surface area contributed by atoms with Crippen LogP contribution < -0.4 is 10.6 Å². The molecule has 1 heterocycles. The molecule has 0 radical (unpaired) electrons. The molecule has 0 saturated carbocycles. The van der Waals surface area contributed by atoms with Gasteiger partial charge >= 0.3 is 0 Å². The third-order valence-corrected chi connectivity index (χ3v) is 5.02. The van der Waals surface area contributed by atoms with Gasteiger partial charge in [-0.25, -0.2) is 0 Å². The molecule has 2 aromatic rings. The summed E-state index contributed by atoms with van der Waals surface area (Å²) in [7, 11) is 0. The lowest BCUT2D eigenvalue weighted by atomic mass is 10.1. The topological polar surface area (TPSA) is 61.4 Å². The van der Waals surface area contributed by atoms with Crippen LogP contribution in [0.25, 0.3) is 0 Å². The van der Waals surface area contributed by atoms with Crippen LogP contribution in [0.1, 0.15) is 47.1 Å². The first-order chi connectivity index (χ1) is 12.9. The minimum Gasteiger partial charge on any atom is -0.322 e. The zero-order chi connectivity index (χ0) is 19.4. The molecule has 5 nitrogen and oxygen atoms in total. The Kier molecular flexibility index (Phi) is 6.04. The van der Waals surface area contributed by atoms with Crippen molar-refractivity contribution in [2.45, 2.75) is 39.4 Å². The lowest BCUT2D eigenvalue weighted by Crippen LogP contribution is -2.53. The van der Waals surface area contributed by atoms with Gasteiger partial charge in [0.15, 0.2) is 5.78 Å². The molecule has 3 rings (SSSR count). The van der Waals surface area contributed by atoms with E-state index in [1.165, 1.54) is 12.5 Å². The number of rotatable bonds is 5. The second kappa shape index (κ2) is 8.46. The number of benzene rings is 2. The smallest absolute Gasteiger partial charge is 0.255 e. The molecule has 1 amide bonds. The number of carbonyl (C=O) groups excluding carboxylic acids is 2. The number of hydrogen-bond acceptors (Lipinski definition) is 4. The van der Waals surface area contributed by atoms with Gasteiger partial charge < -0.3 is 10.6 Å². The first kappa shape index (κ1) is 19.3. The highest BCUT2D eigenvalue weighted by molar-refractivity contribution is 6.05. The SMILES string of the molecule is CC(=O)c1cccc(NC(=O)c2ccc(CN3C[C@@H](C)NC[C@@H]3C)cc2)c1. The van der Waals surface area contributed by atoms with Crippen molar-refractivity contribution in [1.82, 2.24) is 10.2 Å². The average Bonchev–Trinajstić information content (AvgIpc) is 2.65. The minimum atomic E-state index is -0.175. The van der Waals surface area contributed by atoms with E-state index in [-0.39, 0.29) is 11.7 Å². The quantitative estimate of drug-likeness (QED) is 0.798. The molecule has 1 saturated heterocycles. The molecule has 1 fully saturated rings. The van der Waals surface area contributed by atoms with Crippen LogP contribution in [-0.2, 0) is 6.54 Å². The summed E-state index contributed by atoms with van der Waals surface area (Å²) >= 11 is 0. The summed E-state index contributed by atoms with van der Waals surface area (Å²) in [4.78, 5) is 26.4. The Morgan fingerprint density at radius 2 is 1.85 bits per heavy atom. The van der Waals surface area contributed by atoms with Crippen molar-refractivity contribution in [2.24, 2.45) is 0 Å². The molecule has 142 valence electrons. The van der Waals surface area contributed by atoms with Gasteiger partial charge in [-0.1, -0.05) is 24.3 Å². The summed E-state index contributed by atoms with van der Waals surface area (Å²) in [6.45, 7) is 8.86. The van der Waals surface area contributed by atoms with Gasteiger partial charge in [0.25, 0.3) is 5.91 Å². The van der Waals surface area contributed by atoms with E-state index in [1.54, 1.807) is 24.3 Å². The zero-order valence-electron chi connectivity index (χ0n) is 16.2. The standard InChI is InChI=1S/C22H27N3O2/c1-15-13-25(16(2)12-23-15)14-18-7-9-19(10-8-18)22(27)24-21-6-4-5-20(11-21)17(3)26/h4-11,15-16,23H,12-14H2,1-3H3,(H,24,27)/t15-,16+/m1/s1. The first-order valence-electron chi connectivity index (χ1n) is 9.41. The Balaban J connectivity index is 1.63. The molecule has 1 aliphatic rings. The van der Waals surface area contributed by atoms with Gasteiger partial charge in [0, 0.05) is 48.5 Å². The monoisotopic (exact) mass is 365 g/mol. The summed E-state index contributed by atoms with van der Waals surface area (Å²) in [6.07, 6.45) is 0. The number of nitrogens with zero attached hydrogens (tertiary/aromatic N) is 1. The van der Waals surface area contributed by atoms with Crippen LogP contribution >= 0.6 is 0 Å². The van der Waals surface area contributed by atoms with Gasteiger partial charge in [-0.05, 0) is 50.6 Å². The molecule has 5 heteroatoms. The van der Waals surface area contributed by atoms with Crippen LogP contribution in [0.2, 0.25) is 0 Å². The Bertz CT molecular complexity index is 817. The van der Waals surface area contributed by atoms with E-state index in [9.17, 15) is 9.59 Å². The summed E-state index contributed by atoms with van der Waals surface area (Å²) in [5.41, 5.74) is 3.02. The van der Waals surface area contributed by atoms with Crippen LogP contribution in [0, 0.1) is 0 Å². The number of hydrogen-bond donors (Lipinski definition) is 2. The average molecular weight is 365 g/mol. The summed E-state index contributed by atoms with van der Waals surface area (Å²) in [6, 6.07) is 15.7. The molecule has 2 aromatic carbocycles. The van der Waals surface area contributed by atoms with E-state index in [0.717, 1.165) is 19.6 Å². The summed E-state index contributed by atoms with van der Waals surface area (Å²) in [5.74, 6) is -0.196. The number of nitrogens with one attached hydrogen (secondary N) is 2. The van der Waals surface area contributed by atoms with Crippen molar-refractivity contribution in [3.63, 3.8) is 0 Å². The predicted molar refractivity (Wildman–Crippen MR) is 108 cm³/mol. The van der Waals surface area contributed by atoms with Crippen molar-refractivity contribution < 1.29 is 9.59 Å². The molecule has 0 bridgehead atoms. The van der Waals surface area contributed by atoms with Gasteiger partial charge in [-0.15, -0.1) is 0 Å². The molecular formula is C22H27N3O2. The van der Waals surface area contributed by atoms with Crippen LogP contribution in [0.15, 0.2) is 48.5 Å². The number of amides is 1. The van der Waals surface area contributed by atoms with E-state index in [0.29, 0.717) is 28.9 Å². The molecule has 0 aliphatic carbocycles. The van der Waals surface area contributed by atoms with E-state index >= 15 is 0 Å². The highest BCUT2D eigenvalue weighted by Crippen LogP contribution is 2.16. The van der Waals surface area contributed by atoms with Gasteiger partial charge in [-0.3, -0.25) is 14.5 Å². The minimum absolute atomic E-state index is 0.0214. The molecule has 0 spiro atoms. The van der Waals surface area contributed by atoms with Crippen LogP contribution in [0.5, 0.6) is 0 Å². The fraction of sp³-hybridized carbons (Fsp3) is 0.364. The lowest BCUT2D eigenvalue weighted by Gasteiger charge is -2.37. The van der Waals surface area contributed by atoms with Crippen molar-refractivity contribution in [2.75, 3.05) is 18.4 Å². The van der Waals surface area contributed by atoms with Crippen LogP contribution in [-0.4, -0.2) is 41.8 Å². The highest BCUT2D eigenvalue weighted by atomic mass is 16.1. The molecule has 0 aromatic heterocycles. The van der Waals surface area contributed by atoms with Crippen LogP contribution in [0.4, 0.5) is 5.69 Å². The third kappa shape index (κ3) is 5.02. The number of carbonyl (C=O) groups is 2. The second-order valence-corrected chi connectivity index (χ2v) is 7.38. The van der Waals surface area contributed by atoms with E-state index in [4.69, 9.17) is 0 Å². The summed E-state index contributed by atoms with van der Waals surface area (Å²) in [5, 5.41) is 6.35. The Labute approximate surface area is 160 Å². The largest absolute Gasteiger partial charge is 0.322 e. The fourth-order valence-corrected chi connectivity index (χ4v) is 3.33. The number of ketones is 1. The summed E-state index contributed by atoms with van der Waals surface area (Å²) < 4.78 is 0.